The average Bonchev–Trinajstić information content (AvgIpc) is 2.02. The Morgan fingerprint density at radius 1 is 1.38 bits per heavy atom. The lowest BCUT2D eigenvalue weighted by Crippen LogP contribution is -2.31. The molecule has 0 radical (unpaired) electrons. The fraction of sp³-hybridized carbons (Fsp3) is 0.400. The summed E-state index contributed by atoms with van der Waals surface area (Å²) < 4.78 is 0. The molecule has 1 aliphatic rings. The molecule has 0 aliphatic carbocycles. The van der Waals surface area contributed by atoms with E-state index in [0.717, 1.165) is 22.5 Å². The zero-order valence-corrected chi connectivity index (χ0v) is 7.85. The number of nitrogens with zero attached hydrogens (tertiary/aromatic N) is 1. The van der Waals surface area contributed by atoms with E-state index in [1.807, 2.05) is 19.9 Å². The zero-order valence-electron chi connectivity index (χ0n) is 7.85. The lowest BCUT2D eigenvalue weighted by Gasteiger charge is -2.17. The molecule has 0 saturated carbocycles. The van der Waals surface area contributed by atoms with E-state index in [1.54, 1.807) is 0 Å². The van der Waals surface area contributed by atoms with Crippen molar-refractivity contribution in [2.75, 3.05) is 6.54 Å². The monoisotopic (exact) mass is 176 g/mol. The maximum absolute atomic E-state index is 11.5. The number of Topliss-reactive ketones (excluding diaryl/α,β-unsaturated/α-hetero) is 1. The third-order valence-corrected chi connectivity index (χ3v) is 2.28. The van der Waals surface area contributed by atoms with Crippen LogP contribution in [0, 0.1) is 13.8 Å². The molecule has 0 bridgehead atoms. The van der Waals surface area contributed by atoms with E-state index in [2.05, 4.69) is 10.3 Å². The first kappa shape index (κ1) is 8.38. The number of carbonyl (C=O) groups excluding carboxylic acids is 1. The summed E-state index contributed by atoms with van der Waals surface area (Å²) in [4.78, 5) is 15.9. The Morgan fingerprint density at radius 3 is 2.92 bits per heavy atom. The van der Waals surface area contributed by atoms with Crippen LogP contribution in [0.15, 0.2) is 6.07 Å². The topological polar surface area (TPSA) is 42.0 Å². The van der Waals surface area contributed by atoms with Crippen molar-refractivity contribution in [2.24, 2.45) is 0 Å². The number of nitrogens with one attached hydrogen (secondary N) is 1. The number of aryl methyl sites for hydroxylation is 2. The van der Waals surface area contributed by atoms with Gasteiger partial charge in [-0.3, -0.25) is 9.78 Å². The Kier molecular flexibility index (Phi) is 1.88. The van der Waals surface area contributed by atoms with E-state index in [-0.39, 0.29) is 5.78 Å². The highest BCUT2D eigenvalue weighted by Crippen LogP contribution is 2.16. The van der Waals surface area contributed by atoms with Crippen LogP contribution in [0.2, 0.25) is 0 Å². The van der Waals surface area contributed by atoms with Crippen molar-refractivity contribution in [3.63, 3.8) is 0 Å². The molecule has 0 atom stereocenters. The lowest BCUT2D eigenvalue weighted by atomic mass is 9.99. The van der Waals surface area contributed by atoms with E-state index in [1.165, 1.54) is 0 Å². The minimum Gasteiger partial charge on any atom is -0.304 e. The van der Waals surface area contributed by atoms with Crippen LogP contribution in [0.3, 0.4) is 0 Å². The molecule has 0 saturated heterocycles. The number of hydrogen-bond acceptors (Lipinski definition) is 3. The second-order valence-corrected chi connectivity index (χ2v) is 3.43. The summed E-state index contributed by atoms with van der Waals surface area (Å²) in [5, 5.41) is 3.03. The molecule has 1 N–H and O–H groups in total. The Labute approximate surface area is 77.2 Å². The summed E-state index contributed by atoms with van der Waals surface area (Å²) in [6, 6.07) is 1.96. The van der Waals surface area contributed by atoms with Crippen molar-refractivity contribution in [2.45, 2.75) is 20.4 Å². The summed E-state index contributed by atoms with van der Waals surface area (Å²) in [6.07, 6.45) is 0. The first-order valence-corrected chi connectivity index (χ1v) is 4.39. The van der Waals surface area contributed by atoms with Gasteiger partial charge in [0, 0.05) is 17.8 Å². The van der Waals surface area contributed by atoms with E-state index >= 15 is 0 Å². The predicted octanol–water partition coefficient (Wildman–Crippen LogP) is 0.984. The maximum atomic E-state index is 11.5. The smallest absolute Gasteiger partial charge is 0.178 e. The summed E-state index contributed by atoms with van der Waals surface area (Å²) >= 11 is 0. The number of hydrogen-bond donors (Lipinski definition) is 1. The van der Waals surface area contributed by atoms with Gasteiger partial charge in [-0.15, -0.1) is 0 Å². The molecule has 0 fully saturated rings. The Bertz CT molecular complexity index is 371. The molecular weight excluding hydrogens is 164 g/mol. The molecule has 2 heterocycles. The molecule has 0 amide bonds. The van der Waals surface area contributed by atoms with Gasteiger partial charge >= 0.3 is 0 Å². The van der Waals surface area contributed by atoms with Crippen LogP contribution in [0.1, 0.15) is 27.3 Å². The van der Waals surface area contributed by atoms with Crippen molar-refractivity contribution < 1.29 is 4.79 Å². The summed E-state index contributed by atoms with van der Waals surface area (Å²) in [7, 11) is 0. The number of rotatable bonds is 0. The molecule has 0 unspecified atom stereocenters. The van der Waals surface area contributed by atoms with E-state index in [4.69, 9.17) is 0 Å². The molecule has 13 heavy (non-hydrogen) atoms. The van der Waals surface area contributed by atoms with Gasteiger partial charge in [-0.05, 0) is 25.5 Å². The molecular formula is C10H12N2O. The van der Waals surface area contributed by atoms with Crippen LogP contribution in [-0.2, 0) is 6.54 Å². The van der Waals surface area contributed by atoms with Crippen molar-refractivity contribution in [1.29, 1.82) is 0 Å². The maximum Gasteiger partial charge on any atom is 0.178 e. The van der Waals surface area contributed by atoms with Gasteiger partial charge in [0.25, 0.3) is 0 Å². The largest absolute Gasteiger partial charge is 0.304 e. The molecule has 1 aromatic heterocycles. The second-order valence-electron chi connectivity index (χ2n) is 3.43. The van der Waals surface area contributed by atoms with Crippen LogP contribution >= 0.6 is 0 Å². The highest BCUT2D eigenvalue weighted by Gasteiger charge is 2.19. The SMILES string of the molecule is Cc1cc(C)c2c(n1)CNCC2=O. The van der Waals surface area contributed by atoms with Crippen LogP contribution in [0.5, 0.6) is 0 Å². The predicted molar refractivity (Wildman–Crippen MR) is 49.7 cm³/mol. The molecule has 2 rings (SSSR count). The summed E-state index contributed by atoms with van der Waals surface area (Å²) in [6.45, 7) is 5.07. The standard InChI is InChI=1S/C10H12N2O/c1-6-3-7(2)12-8-4-11-5-9(13)10(6)8/h3,11H,4-5H2,1-2H3. The van der Waals surface area contributed by atoms with E-state index in [9.17, 15) is 4.79 Å². The normalized spacial score (nSPS) is 15.7. The Balaban J connectivity index is 2.63. The first-order valence-electron chi connectivity index (χ1n) is 4.39. The van der Waals surface area contributed by atoms with Crippen LogP contribution in [0.4, 0.5) is 0 Å². The number of carbonyl (C=O) groups is 1. The minimum absolute atomic E-state index is 0.159. The molecule has 1 aliphatic heterocycles. The summed E-state index contributed by atoms with van der Waals surface area (Å²) in [5.41, 5.74) is 3.75. The van der Waals surface area contributed by atoms with Crippen LogP contribution < -0.4 is 5.32 Å². The van der Waals surface area contributed by atoms with E-state index < -0.39 is 0 Å². The van der Waals surface area contributed by atoms with E-state index in [0.29, 0.717) is 13.1 Å². The fourth-order valence-corrected chi connectivity index (χ4v) is 1.81. The van der Waals surface area contributed by atoms with Crippen molar-refractivity contribution in [3.05, 3.63) is 28.6 Å². The number of pyridine rings is 1. The number of fused-ring (bicyclic) bond motifs is 1. The first-order chi connectivity index (χ1) is 6.18. The number of aromatic nitrogens is 1. The van der Waals surface area contributed by atoms with Crippen LogP contribution in [-0.4, -0.2) is 17.3 Å². The van der Waals surface area contributed by atoms with Gasteiger partial charge in [0.2, 0.25) is 0 Å². The second kappa shape index (κ2) is 2.92. The van der Waals surface area contributed by atoms with Crippen molar-refractivity contribution in [3.8, 4) is 0 Å². The van der Waals surface area contributed by atoms with Crippen molar-refractivity contribution >= 4 is 5.78 Å². The third-order valence-electron chi connectivity index (χ3n) is 2.28. The van der Waals surface area contributed by atoms with Gasteiger partial charge in [0.1, 0.15) is 0 Å². The highest BCUT2D eigenvalue weighted by atomic mass is 16.1. The summed E-state index contributed by atoms with van der Waals surface area (Å²) in [5.74, 6) is 0.159. The lowest BCUT2D eigenvalue weighted by molar-refractivity contribution is 0.0980. The van der Waals surface area contributed by atoms with Gasteiger partial charge in [0.15, 0.2) is 5.78 Å². The average molecular weight is 176 g/mol. The quantitative estimate of drug-likeness (QED) is 0.640. The molecule has 68 valence electrons. The zero-order chi connectivity index (χ0) is 9.42. The minimum atomic E-state index is 0.159. The van der Waals surface area contributed by atoms with Gasteiger partial charge in [-0.25, -0.2) is 0 Å². The van der Waals surface area contributed by atoms with Crippen LogP contribution in [0.25, 0.3) is 0 Å². The molecule has 1 aromatic rings. The Morgan fingerprint density at radius 2 is 2.15 bits per heavy atom. The molecule has 3 heteroatoms. The van der Waals surface area contributed by atoms with Gasteiger partial charge in [-0.1, -0.05) is 0 Å². The van der Waals surface area contributed by atoms with Gasteiger partial charge < -0.3 is 5.32 Å². The molecule has 0 aromatic carbocycles. The fourth-order valence-electron chi connectivity index (χ4n) is 1.81. The third kappa shape index (κ3) is 1.35. The molecule has 0 spiro atoms. The highest BCUT2D eigenvalue weighted by molar-refractivity contribution is 6.00. The number of ketones is 1. The van der Waals surface area contributed by atoms with Gasteiger partial charge in [-0.2, -0.15) is 0 Å². The van der Waals surface area contributed by atoms with Gasteiger partial charge in [0.05, 0.1) is 12.2 Å². The van der Waals surface area contributed by atoms with Crippen molar-refractivity contribution in [1.82, 2.24) is 10.3 Å². The molecule has 3 nitrogen and oxygen atoms in total. The Hall–Kier alpha value is -1.22.